The third kappa shape index (κ3) is 2.52. The first-order valence-electron chi connectivity index (χ1n) is 7.39. The van der Waals surface area contributed by atoms with E-state index in [0.29, 0.717) is 28.4 Å². The van der Waals surface area contributed by atoms with Gasteiger partial charge in [-0.25, -0.2) is 4.39 Å². The predicted molar refractivity (Wildman–Crippen MR) is 85.8 cm³/mol. The number of aryl methyl sites for hydroxylation is 1. The molecule has 7 heteroatoms. The first kappa shape index (κ1) is 16.0. The van der Waals surface area contributed by atoms with Crippen molar-refractivity contribution in [2.45, 2.75) is 38.1 Å². The normalized spacial score (nSPS) is 16.7. The lowest BCUT2D eigenvalue weighted by Gasteiger charge is -2.17. The summed E-state index contributed by atoms with van der Waals surface area (Å²) in [5, 5.41) is 4.74. The third-order valence-corrected chi connectivity index (χ3v) is 4.46. The molecule has 1 saturated carbocycles. The minimum absolute atomic E-state index is 0. The van der Waals surface area contributed by atoms with Gasteiger partial charge in [0.15, 0.2) is 11.6 Å². The van der Waals surface area contributed by atoms with E-state index >= 15 is 0 Å². The van der Waals surface area contributed by atoms with Gasteiger partial charge in [-0.1, -0.05) is 18.0 Å². The molecular weight excluding hydrogens is 321 g/mol. The summed E-state index contributed by atoms with van der Waals surface area (Å²) in [4.78, 5) is 4.42. The SMILES string of the molecule is Cc1c(-c2nc(C3(N)CCCC3)no2)oc2ccc(F)cc12.Cl. The molecule has 4 rings (SSSR count). The largest absolute Gasteiger partial charge is 0.451 e. The maximum absolute atomic E-state index is 13.4. The molecule has 2 aromatic heterocycles. The lowest BCUT2D eigenvalue weighted by molar-refractivity contribution is 0.369. The molecule has 0 bridgehead atoms. The van der Waals surface area contributed by atoms with Crippen LogP contribution in [0.1, 0.15) is 37.1 Å². The number of benzene rings is 1. The molecular formula is C16H17ClFN3O2. The zero-order valence-electron chi connectivity index (χ0n) is 12.6. The zero-order valence-corrected chi connectivity index (χ0v) is 13.5. The Hall–Kier alpha value is -1.92. The van der Waals surface area contributed by atoms with Crippen LogP contribution in [-0.4, -0.2) is 10.1 Å². The van der Waals surface area contributed by atoms with E-state index in [1.165, 1.54) is 12.1 Å². The Labute approximate surface area is 138 Å². The number of rotatable bonds is 2. The van der Waals surface area contributed by atoms with Gasteiger partial charge in [0.25, 0.3) is 5.89 Å². The van der Waals surface area contributed by atoms with Gasteiger partial charge in [-0.05, 0) is 38.0 Å². The maximum Gasteiger partial charge on any atom is 0.294 e. The Morgan fingerprint density at radius 2 is 2.00 bits per heavy atom. The first-order chi connectivity index (χ1) is 10.6. The van der Waals surface area contributed by atoms with Crippen molar-refractivity contribution in [1.82, 2.24) is 10.1 Å². The number of hydrogen-bond acceptors (Lipinski definition) is 5. The number of aromatic nitrogens is 2. The fourth-order valence-electron chi connectivity index (χ4n) is 3.14. The van der Waals surface area contributed by atoms with Crippen LogP contribution in [0, 0.1) is 12.7 Å². The first-order valence-corrected chi connectivity index (χ1v) is 7.39. The molecule has 23 heavy (non-hydrogen) atoms. The molecule has 1 aliphatic carbocycles. The second kappa shape index (κ2) is 5.62. The van der Waals surface area contributed by atoms with E-state index in [-0.39, 0.29) is 18.2 Å². The fraction of sp³-hybridized carbons (Fsp3) is 0.375. The van der Waals surface area contributed by atoms with E-state index in [0.717, 1.165) is 31.2 Å². The average Bonchev–Trinajstić information content (AvgIpc) is 3.20. The molecule has 0 amide bonds. The Balaban J connectivity index is 0.00000156. The van der Waals surface area contributed by atoms with E-state index < -0.39 is 5.54 Å². The lowest BCUT2D eigenvalue weighted by Crippen LogP contribution is -2.34. The van der Waals surface area contributed by atoms with Crippen molar-refractivity contribution in [2.24, 2.45) is 5.73 Å². The minimum Gasteiger partial charge on any atom is -0.451 e. The number of halogens is 2. The van der Waals surface area contributed by atoms with Gasteiger partial charge in [-0.3, -0.25) is 0 Å². The molecule has 2 N–H and O–H groups in total. The highest BCUT2D eigenvalue weighted by atomic mass is 35.5. The number of fused-ring (bicyclic) bond motifs is 1. The van der Waals surface area contributed by atoms with Crippen molar-refractivity contribution in [3.63, 3.8) is 0 Å². The van der Waals surface area contributed by atoms with Crippen molar-refractivity contribution in [2.75, 3.05) is 0 Å². The minimum atomic E-state index is -0.506. The van der Waals surface area contributed by atoms with Crippen LogP contribution in [0.2, 0.25) is 0 Å². The second-order valence-electron chi connectivity index (χ2n) is 5.98. The van der Waals surface area contributed by atoms with Crippen molar-refractivity contribution in [1.29, 1.82) is 0 Å². The van der Waals surface area contributed by atoms with Gasteiger partial charge in [0.1, 0.15) is 11.4 Å². The Bertz CT molecular complexity index is 852. The summed E-state index contributed by atoms with van der Waals surface area (Å²) < 4.78 is 24.5. The molecule has 0 atom stereocenters. The Morgan fingerprint density at radius 3 is 2.74 bits per heavy atom. The second-order valence-corrected chi connectivity index (χ2v) is 5.98. The van der Waals surface area contributed by atoms with Crippen molar-refractivity contribution < 1.29 is 13.3 Å². The highest BCUT2D eigenvalue weighted by Crippen LogP contribution is 2.37. The van der Waals surface area contributed by atoms with Crippen LogP contribution in [0.15, 0.2) is 27.1 Å². The molecule has 5 nitrogen and oxygen atoms in total. The van der Waals surface area contributed by atoms with Gasteiger partial charge in [-0.15, -0.1) is 12.4 Å². The van der Waals surface area contributed by atoms with Crippen LogP contribution in [-0.2, 0) is 5.54 Å². The molecule has 1 aliphatic rings. The van der Waals surface area contributed by atoms with E-state index in [1.807, 2.05) is 6.92 Å². The van der Waals surface area contributed by atoms with Crippen LogP contribution < -0.4 is 5.73 Å². The molecule has 2 heterocycles. The standard InChI is InChI=1S/C16H16FN3O2.ClH/c1-9-11-8-10(17)4-5-12(11)21-13(9)14-19-15(20-22-14)16(18)6-2-3-7-16;/h4-5,8H,2-3,6-7,18H2,1H3;1H. The van der Waals surface area contributed by atoms with Crippen LogP contribution in [0.4, 0.5) is 4.39 Å². The third-order valence-electron chi connectivity index (χ3n) is 4.46. The number of nitrogens with zero attached hydrogens (tertiary/aromatic N) is 2. The number of furan rings is 1. The van der Waals surface area contributed by atoms with Gasteiger partial charge in [-0.2, -0.15) is 4.98 Å². The van der Waals surface area contributed by atoms with E-state index in [4.69, 9.17) is 14.7 Å². The average molecular weight is 338 g/mol. The summed E-state index contributed by atoms with van der Waals surface area (Å²) in [7, 11) is 0. The van der Waals surface area contributed by atoms with Gasteiger partial charge < -0.3 is 14.7 Å². The molecule has 0 spiro atoms. The van der Waals surface area contributed by atoms with Crippen LogP contribution in [0.3, 0.4) is 0 Å². The Morgan fingerprint density at radius 1 is 1.26 bits per heavy atom. The summed E-state index contributed by atoms with van der Waals surface area (Å²) in [5.41, 5.74) is 7.21. The monoisotopic (exact) mass is 337 g/mol. The van der Waals surface area contributed by atoms with Crippen molar-refractivity contribution in [3.05, 3.63) is 35.4 Å². The molecule has 0 radical (unpaired) electrons. The summed E-state index contributed by atoms with van der Waals surface area (Å²) in [6.45, 7) is 1.85. The van der Waals surface area contributed by atoms with Gasteiger partial charge in [0.2, 0.25) is 0 Å². The van der Waals surface area contributed by atoms with E-state index in [2.05, 4.69) is 10.1 Å². The summed E-state index contributed by atoms with van der Waals surface area (Å²) in [5.74, 6) is 0.980. The summed E-state index contributed by atoms with van der Waals surface area (Å²) in [6, 6.07) is 4.40. The molecule has 0 saturated heterocycles. The highest BCUT2D eigenvalue weighted by Gasteiger charge is 2.36. The topological polar surface area (TPSA) is 78.1 Å². The molecule has 3 aromatic rings. The van der Waals surface area contributed by atoms with Crippen LogP contribution >= 0.6 is 12.4 Å². The van der Waals surface area contributed by atoms with Crippen LogP contribution in [0.25, 0.3) is 22.6 Å². The van der Waals surface area contributed by atoms with Gasteiger partial charge in [0.05, 0.1) is 5.54 Å². The molecule has 0 unspecified atom stereocenters. The summed E-state index contributed by atoms with van der Waals surface area (Å²) in [6.07, 6.45) is 3.86. The zero-order chi connectivity index (χ0) is 15.3. The van der Waals surface area contributed by atoms with Crippen LogP contribution in [0.5, 0.6) is 0 Å². The highest BCUT2D eigenvalue weighted by molar-refractivity contribution is 5.86. The van der Waals surface area contributed by atoms with E-state index in [9.17, 15) is 4.39 Å². The fourth-order valence-corrected chi connectivity index (χ4v) is 3.14. The molecule has 0 aliphatic heterocycles. The maximum atomic E-state index is 13.4. The quantitative estimate of drug-likeness (QED) is 0.762. The van der Waals surface area contributed by atoms with Gasteiger partial charge in [0, 0.05) is 10.9 Å². The van der Waals surface area contributed by atoms with Crippen molar-refractivity contribution in [3.8, 4) is 11.7 Å². The molecule has 1 aromatic carbocycles. The van der Waals surface area contributed by atoms with Gasteiger partial charge >= 0.3 is 0 Å². The molecule has 1 fully saturated rings. The smallest absolute Gasteiger partial charge is 0.294 e. The van der Waals surface area contributed by atoms with E-state index in [1.54, 1.807) is 6.07 Å². The van der Waals surface area contributed by atoms with Crippen molar-refractivity contribution >= 4 is 23.4 Å². The summed E-state index contributed by atoms with van der Waals surface area (Å²) >= 11 is 0. The lowest BCUT2D eigenvalue weighted by atomic mass is 9.99. The Kier molecular flexibility index (Phi) is 3.90. The number of hydrogen-bond donors (Lipinski definition) is 1. The predicted octanol–water partition coefficient (Wildman–Crippen LogP) is 4.08. The molecule has 122 valence electrons. The number of nitrogens with two attached hydrogens (primary N) is 1.